The van der Waals surface area contributed by atoms with Gasteiger partial charge in [-0.05, 0) is 6.42 Å². The van der Waals surface area contributed by atoms with Gasteiger partial charge in [-0.1, -0.05) is 0 Å². The minimum Gasteiger partial charge on any atom is -0.368 e. The van der Waals surface area contributed by atoms with Gasteiger partial charge < -0.3 is 10.3 Å². The number of hydrogen-bond acceptors (Lipinski definition) is 4. The van der Waals surface area contributed by atoms with Crippen LogP contribution in [0.5, 0.6) is 0 Å². The van der Waals surface area contributed by atoms with Crippen LogP contribution in [-0.4, -0.2) is 32.4 Å². The van der Waals surface area contributed by atoms with Crippen LogP contribution in [0.1, 0.15) is 6.42 Å². The average Bonchev–Trinajstić information content (AvgIpc) is 2.67. The molecular formula is C8H10ClN5. The van der Waals surface area contributed by atoms with Gasteiger partial charge in [0.2, 0.25) is 0 Å². The normalized spacial score (nSPS) is 10.6. The molecule has 0 spiro atoms. The van der Waals surface area contributed by atoms with E-state index < -0.39 is 0 Å². The van der Waals surface area contributed by atoms with Crippen molar-refractivity contribution in [2.24, 2.45) is 0 Å². The van der Waals surface area contributed by atoms with Crippen molar-refractivity contribution >= 4 is 28.6 Å². The molecular weight excluding hydrogens is 202 g/mol. The Labute approximate surface area is 85.9 Å². The van der Waals surface area contributed by atoms with Gasteiger partial charge in [0.15, 0.2) is 11.5 Å². The van der Waals surface area contributed by atoms with Gasteiger partial charge in [0, 0.05) is 12.4 Å². The molecule has 0 bridgehead atoms. The maximum absolute atomic E-state index is 5.57. The van der Waals surface area contributed by atoms with Crippen LogP contribution in [0.15, 0.2) is 12.7 Å². The quantitative estimate of drug-likeness (QED) is 0.593. The molecule has 0 saturated heterocycles. The van der Waals surface area contributed by atoms with E-state index in [0.29, 0.717) is 11.5 Å². The average molecular weight is 212 g/mol. The highest BCUT2D eigenvalue weighted by Gasteiger charge is 2.03. The molecule has 2 N–H and O–H groups in total. The van der Waals surface area contributed by atoms with E-state index in [1.807, 2.05) is 0 Å². The third kappa shape index (κ3) is 1.77. The Morgan fingerprint density at radius 2 is 2.29 bits per heavy atom. The van der Waals surface area contributed by atoms with Crippen molar-refractivity contribution in [1.82, 2.24) is 19.9 Å². The molecule has 5 nitrogen and oxygen atoms in total. The first-order valence-electron chi connectivity index (χ1n) is 4.35. The highest BCUT2D eigenvalue weighted by molar-refractivity contribution is 6.17. The van der Waals surface area contributed by atoms with E-state index in [4.69, 9.17) is 11.6 Å². The second-order valence-corrected chi connectivity index (χ2v) is 3.17. The molecule has 0 aliphatic rings. The zero-order valence-electron chi connectivity index (χ0n) is 7.50. The third-order valence-corrected chi connectivity index (χ3v) is 2.09. The van der Waals surface area contributed by atoms with Crippen LogP contribution in [0.2, 0.25) is 0 Å². The van der Waals surface area contributed by atoms with Gasteiger partial charge in [-0.25, -0.2) is 15.0 Å². The fourth-order valence-corrected chi connectivity index (χ4v) is 1.31. The van der Waals surface area contributed by atoms with Crippen molar-refractivity contribution in [2.45, 2.75) is 6.42 Å². The lowest BCUT2D eigenvalue weighted by molar-refractivity contribution is 0.975. The zero-order valence-corrected chi connectivity index (χ0v) is 8.25. The lowest BCUT2D eigenvalue weighted by Gasteiger charge is -2.03. The molecule has 74 valence electrons. The molecule has 0 aromatic carbocycles. The Bertz CT molecular complexity index is 413. The number of hydrogen-bond donors (Lipinski definition) is 2. The van der Waals surface area contributed by atoms with Gasteiger partial charge >= 0.3 is 0 Å². The molecule has 0 atom stereocenters. The molecule has 0 amide bonds. The maximum Gasteiger partial charge on any atom is 0.182 e. The molecule has 0 fully saturated rings. The van der Waals surface area contributed by atoms with Crippen molar-refractivity contribution in [2.75, 3.05) is 17.7 Å². The molecule has 0 unspecified atom stereocenters. The molecule has 0 aliphatic heterocycles. The Hall–Kier alpha value is -1.36. The van der Waals surface area contributed by atoms with E-state index in [2.05, 4.69) is 25.3 Å². The van der Waals surface area contributed by atoms with Crippen molar-refractivity contribution in [1.29, 1.82) is 0 Å². The van der Waals surface area contributed by atoms with E-state index in [-0.39, 0.29) is 0 Å². The summed E-state index contributed by atoms with van der Waals surface area (Å²) in [6.45, 7) is 0.800. The Balaban J connectivity index is 2.19. The van der Waals surface area contributed by atoms with Gasteiger partial charge in [-0.2, -0.15) is 0 Å². The van der Waals surface area contributed by atoms with Crippen LogP contribution in [0.4, 0.5) is 5.82 Å². The summed E-state index contributed by atoms with van der Waals surface area (Å²) in [5, 5.41) is 3.17. The number of imidazole rings is 1. The summed E-state index contributed by atoms with van der Waals surface area (Å²) >= 11 is 5.57. The summed E-state index contributed by atoms with van der Waals surface area (Å²) in [5.41, 5.74) is 1.51. The second-order valence-electron chi connectivity index (χ2n) is 2.79. The summed E-state index contributed by atoms with van der Waals surface area (Å²) in [7, 11) is 0. The maximum atomic E-state index is 5.57. The van der Waals surface area contributed by atoms with Crippen LogP contribution in [0.3, 0.4) is 0 Å². The first-order valence-corrected chi connectivity index (χ1v) is 4.89. The molecule has 0 saturated carbocycles. The number of fused-ring (bicyclic) bond motifs is 1. The number of nitrogens with zero attached hydrogens (tertiary/aromatic N) is 3. The zero-order chi connectivity index (χ0) is 9.80. The number of H-pyrrole nitrogens is 1. The van der Waals surface area contributed by atoms with Gasteiger partial charge in [0.1, 0.15) is 11.8 Å². The predicted octanol–water partition coefficient (Wildman–Crippen LogP) is 1.39. The predicted molar refractivity (Wildman–Crippen MR) is 55.5 cm³/mol. The Morgan fingerprint density at radius 3 is 3.14 bits per heavy atom. The minimum absolute atomic E-state index is 0.643. The molecule has 14 heavy (non-hydrogen) atoms. The van der Waals surface area contributed by atoms with Crippen molar-refractivity contribution in [3.05, 3.63) is 12.7 Å². The van der Waals surface area contributed by atoms with Gasteiger partial charge in [-0.3, -0.25) is 0 Å². The number of nitrogens with one attached hydrogen (secondary N) is 2. The molecule has 2 heterocycles. The van der Waals surface area contributed by atoms with E-state index in [1.54, 1.807) is 6.33 Å². The largest absolute Gasteiger partial charge is 0.368 e. The summed E-state index contributed by atoms with van der Waals surface area (Å²) in [5.74, 6) is 1.42. The van der Waals surface area contributed by atoms with Crippen molar-refractivity contribution in [3.8, 4) is 0 Å². The smallest absolute Gasteiger partial charge is 0.182 e. The number of rotatable bonds is 4. The summed E-state index contributed by atoms with van der Waals surface area (Å²) in [6, 6.07) is 0. The molecule has 2 aromatic heterocycles. The molecule has 0 radical (unpaired) electrons. The number of halogens is 1. The third-order valence-electron chi connectivity index (χ3n) is 1.83. The molecule has 6 heteroatoms. The molecule has 0 aliphatic carbocycles. The van der Waals surface area contributed by atoms with Gasteiger partial charge in [0.05, 0.1) is 6.33 Å². The van der Waals surface area contributed by atoms with E-state index in [1.165, 1.54) is 6.33 Å². The van der Waals surface area contributed by atoms with Crippen LogP contribution in [0, 0.1) is 0 Å². The lowest BCUT2D eigenvalue weighted by Crippen LogP contribution is -2.04. The lowest BCUT2D eigenvalue weighted by atomic mass is 10.4. The fourth-order valence-electron chi connectivity index (χ4n) is 1.17. The topological polar surface area (TPSA) is 66.5 Å². The first kappa shape index (κ1) is 9.21. The number of aromatic nitrogens is 4. The standard InChI is InChI=1S/C8H10ClN5/c9-2-1-3-10-7-6-8(12-4-11-6)14-5-13-7/h4-5H,1-3H2,(H2,10,11,12,13,14). The van der Waals surface area contributed by atoms with Gasteiger partial charge in [-0.15, -0.1) is 11.6 Å². The number of aromatic amines is 1. The summed E-state index contributed by atoms with van der Waals surface area (Å²) in [4.78, 5) is 15.1. The SMILES string of the molecule is ClCCCNc1ncnc2nc[nH]c12. The molecule has 2 rings (SSSR count). The first-order chi connectivity index (χ1) is 6.92. The molecule has 2 aromatic rings. The fraction of sp³-hybridized carbons (Fsp3) is 0.375. The van der Waals surface area contributed by atoms with Crippen molar-refractivity contribution in [3.63, 3.8) is 0 Å². The van der Waals surface area contributed by atoms with E-state index in [9.17, 15) is 0 Å². The summed E-state index contributed by atoms with van der Waals surface area (Å²) in [6.07, 6.45) is 4.00. The monoisotopic (exact) mass is 211 g/mol. The van der Waals surface area contributed by atoms with Crippen molar-refractivity contribution < 1.29 is 0 Å². The van der Waals surface area contributed by atoms with E-state index in [0.717, 1.165) is 24.3 Å². The Morgan fingerprint density at radius 1 is 1.36 bits per heavy atom. The summed E-state index contributed by atoms with van der Waals surface area (Å²) < 4.78 is 0. The second kappa shape index (κ2) is 4.23. The minimum atomic E-state index is 0.643. The van der Waals surface area contributed by atoms with Crippen LogP contribution < -0.4 is 5.32 Å². The number of alkyl halides is 1. The van der Waals surface area contributed by atoms with Crippen LogP contribution >= 0.6 is 11.6 Å². The number of anilines is 1. The highest BCUT2D eigenvalue weighted by Crippen LogP contribution is 2.13. The van der Waals surface area contributed by atoms with E-state index >= 15 is 0 Å². The van der Waals surface area contributed by atoms with Crippen LogP contribution in [0.25, 0.3) is 11.2 Å². The highest BCUT2D eigenvalue weighted by atomic mass is 35.5. The Kier molecular flexibility index (Phi) is 2.78. The van der Waals surface area contributed by atoms with Crippen LogP contribution in [-0.2, 0) is 0 Å². The van der Waals surface area contributed by atoms with Gasteiger partial charge in [0.25, 0.3) is 0 Å².